The zero-order chi connectivity index (χ0) is 10.9. The average molecular weight is 229 g/mol. The van der Waals surface area contributed by atoms with E-state index < -0.39 is 23.7 Å². The van der Waals surface area contributed by atoms with Crippen LogP contribution in [0.4, 0.5) is 17.6 Å². The highest BCUT2D eigenvalue weighted by Crippen LogP contribution is 2.33. The Bertz CT molecular complexity index is 316. The number of hydrogen-bond acceptors (Lipinski definition) is 1. The van der Waals surface area contributed by atoms with Crippen molar-refractivity contribution < 1.29 is 22.7 Å². The van der Waals surface area contributed by atoms with Crippen LogP contribution in [-0.4, -0.2) is 11.3 Å². The molecule has 1 rings (SSSR count). The molecule has 6 heteroatoms. The summed E-state index contributed by atoms with van der Waals surface area (Å²) in [6, 6.07) is 2.31. The van der Waals surface area contributed by atoms with E-state index in [4.69, 9.17) is 16.7 Å². The van der Waals surface area contributed by atoms with Crippen LogP contribution in [0.15, 0.2) is 18.2 Å². The van der Waals surface area contributed by atoms with Gasteiger partial charge in [-0.3, -0.25) is 0 Å². The fourth-order valence-electron chi connectivity index (χ4n) is 0.922. The quantitative estimate of drug-likeness (QED) is 0.733. The third kappa shape index (κ3) is 2.59. The molecular formula is C8H5ClF4O. The van der Waals surface area contributed by atoms with E-state index in [9.17, 15) is 17.6 Å². The van der Waals surface area contributed by atoms with Gasteiger partial charge in [-0.1, -0.05) is 11.6 Å². The van der Waals surface area contributed by atoms with Gasteiger partial charge < -0.3 is 5.11 Å². The molecule has 0 radical (unpaired) electrons. The van der Waals surface area contributed by atoms with E-state index in [1.54, 1.807) is 0 Å². The smallest absolute Gasteiger partial charge is 0.379 e. The molecular weight excluding hydrogens is 224 g/mol. The molecule has 0 saturated carbocycles. The Labute approximate surface area is 81.9 Å². The number of aliphatic hydroxyl groups excluding tert-OH is 1. The van der Waals surface area contributed by atoms with Crippen molar-refractivity contribution in [3.05, 3.63) is 34.6 Å². The molecule has 0 aliphatic heterocycles. The van der Waals surface area contributed by atoms with E-state index in [1.165, 1.54) is 0 Å². The molecule has 0 amide bonds. The Morgan fingerprint density at radius 2 is 1.79 bits per heavy atom. The van der Waals surface area contributed by atoms with Gasteiger partial charge in [-0.2, -0.15) is 13.2 Å². The van der Waals surface area contributed by atoms with E-state index in [2.05, 4.69) is 0 Å². The molecule has 78 valence electrons. The van der Waals surface area contributed by atoms with Crippen LogP contribution in [0.3, 0.4) is 0 Å². The lowest BCUT2D eigenvalue weighted by Crippen LogP contribution is -2.20. The Hall–Kier alpha value is -0.810. The van der Waals surface area contributed by atoms with E-state index in [0.717, 1.165) is 12.1 Å². The molecule has 0 aromatic heterocycles. The van der Waals surface area contributed by atoms with Crippen LogP contribution in [-0.2, 0) is 0 Å². The molecule has 14 heavy (non-hydrogen) atoms. The molecule has 0 saturated heterocycles. The lowest BCUT2D eigenvalue weighted by molar-refractivity contribution is -0.206. The molecule has 1 nitrogen and oxygen atoms in total. The minimum Gasteiger partial charge on any atom is -0.379 e. The second-order valence-corrected chi connectivity index (χ2v) is 3.08. The van der Waals surface area contributed by atoms with Crippen LogP contribution in [0.2, 0.25) is 5.02 Å². The lowest BCUT2D eigenvalue weighted by atomic mass is 10.1. The van der Waals surface area contributed by atoms with Crippen LogP contribution in [0.25, 0.3) is 0 Å². The first-order chi connectivity index (χ1) is 6.30. The topological polar surface area (TPSA) is 20.2 Å². The summed E-state index contributed by atoms with van der Waals surface area (Å²) < 4.78 is 48.6. The van der Waals surface area contributed by atoms with Gasteiger partial charge in [0.2, 0.25) is 0 Å². The largest absolute Gasteiger partial charge is 0.418 e. The highest BCUT2D eigenvalue weighted by molar-refractivity contribution is 6.30. The molecule has 1 atom stereocenters. The van der Waals surface area contributed by atoms with Gasteiger partial charge in [0.05, 0.1) is 0 Å². The third-order valence-corrected chi connectivity index (χ3v) is 1.73. The molecule has 0 aliphatic rings. The maximum absolute atomic E-state index is 12.6. The fraction of sp³-hybridized carbons (Fsp3) is 0.250. The van der Waals surface area contributed by atoms with E-state index in [-0.39, 0.29) is 5.02 Å². The Balaban J connectivity index is 3.07. The first-order valence-electron chi connectivity index (χ1n) is 3.51. The standard InChI is InChI=1S/C8H5ClF4O/c9-5-1-4(2-6(10)3-5)7(14)8(11,12)13/h1-3,7,14H/t7-/m0/s1. The van der Waals surface area contributed by atoms with Crippen molar-refractivity contribution in [2.24, 2.45) is 0 Å². The maximum atomic E-state index is 12.6. The normalized spacial score (nSPS) is 14.1. The van der Waals surface area contributed by atoms with Gasteiger partial charge in [0.25, 0.3) is 0 Å². The summed E-state index contributed by atoms with van der Waals surface area (Å²) in [5.41, 5.74) is -0.609. The van der Waals surface area contributed by atoms with Crippen molar-refractivity contribution in [3.63, 3.8) is 0 Å². The van der Waals surface area contributed by atoms with E-state index >= 15 is 0 Å². The molecule has 1 N–H and O–H groups in total. The van der Waals surface area contributed by atoms with Crippen LogP contribution in [0.5, 0.6) is 0 Å². The zero-order valence-corrected chi connectivity index (χ0v) is 7.40. The number of benzene rings is 1. The van der Waals surface area contributed by atoms with Gasteiger partial charge >= 0.3 is 6.18 Å². The molecule has 1 aromatic rings. The van der Waals surface area contributed by atoms with Crippen molar-refractivity contribution in [2.75, 3.05) is 0 Å². The minimum absolute atomic E-state index is 0.191. The first-order valence-corrected chi connectivity index (χ1v) is 3.89. The minimum atomic E-state index is -4.82. The summed E-state index contributed by atoms with van der Waals surface area (Å²) in [5.74, 6) is -0.921. The number of rotatable bonds is 1. The second-order valence-electron chi connectivity index (χ2n) is 2.65. The molecule has 1 aromatic carbocycles. The molecule has 0 bridgehead atoms. The van der Waals surface area contributed by atoms with Crippen molar-refractivity contribution in [2.45, 2.75) is 12.3 Å². The van der Waals surface area contributed by atoms with Crippen LogP contribution >= 0.6 is 11.6 Å². The van der Waals surface area contributed by atoms with Crippen LogP contribution in [0.1, 0.15) is 11.7 Å². The number of aliphatic hydroxyl groups is 1. The van der Waals surface area contributed by atoms with E-state index in [0.29, 0.717) is 6.07 Å². The fourth-order valence-corrected chi connectivity index (χ4v) is 1.15. The van der Waals surface area contributed by atoms with Gasteiger partial charge in [0.1, 0.15) is 5.82 Å². The third-order valence-electron chi connectivity index (χ3n) is 1.51. The molecule has 0 spiro atoms. The Morgan fingerprint density at radius 3 is 2.21 bits per heavy atom. The SMILES string of the molecule is O[C@@H](c1cc(F)cc(Cl)c1)C(F)(F)F. The zero-order valence-electron chi connectivity index (χ0n) is 6.65. The number of hydrogen-bond donors (Lipinski definition) is 1. The highest BCUT2D eigenvalue weighted by atomic mass is 35.5. The molecule has 0 heterocycles. The van der Waals surface area contributed by atoms with Crippen molar-refractivity contribution in [1.29, 1.82) is 0 Å². The van der Waals surface area contributed by atoms with Gasteiger partial charge in [-0.15, -0.1) is 0 Å². The summed E-state index contributed by atoms with van der Waals surface area (Å²) in [5, 5.41) is 8.56. The summed E-state index contributed by atoms with van der Waals surface area (Å²) >= 11 is 5.33. The summed E-state index contributed by atoms with van der Waals surface area (Å²) in [4.78, 5) is 0. The monoisotopic (exact) mass is 228 g/mol. The summed E-state index contributed by atoms with van der Waals surface area (Å²) in [7, 11) is 0. The predicted octanol–water partition coefficient (Wildman–Crippen LogP) is 3.07. The van der Waals surface area contributed by atoms with E-state index in [1.807, 2.05) is 0 Å². The Morgan fingerprint density at radius 1 is 1.21 bits per heavy atom. The van der Waals surface area contributed by atoms with Crippen molar-refractivity contribution in [1.82, 2.24) is 0 Å². The summed E-state index contributed by atoms with van der Waals surface area (Å²) in [6.07, 6.45) is -7.53. The van der Waals surface area contributed by atoms with Gasteiger partial charge in [0, 0.05) is 5.02 Å². The maximum Gasteiger partial charge on any atom is 0.418 e. The molecule has 0 aliphatic carbocycles. The molecule has 0 unspecified atom stereocenters. The van der Waals surface area contributed by atoms with Gasteiger partial charge in [0.15, 0.2) is 6.10 Å². The second kappa shape index (κ2) is 3.74. The van der Waals surface area contributed by atoms with Crippen molar-refractivity contribution in [3.8, 4) is 0 Å². The van der Waals surface area contributed by atoms with Crippen LogP contribution in [0, 0.1) is 5.82 Å². The predicted molar refractivity (Wildman–Crippen MR) is 42.4 cm³/mol. The van der Waals surface area contributed by atoms with Crippen molar-refractivity contribution >= 4 is 11.6 Å². The van der Waals surface area contributed by atoms with Gasteiger partial charge in [-0.05, 0) is 23.8 Å². The van der Waals surface area contributed by atoms with Crippen LogP contribution < -0.4 is 0 Å². The highest BCUT2D eigenvalue weighted by Gasteiger charge is 2.39. The summed E-state index contributed by atoms with van der Waals surface area (Å²) in [6.45, 7) is 0. The Kier molecular flexibility index (Phi) is 3.01. The lowest BCUT2D eigenvalue weighted by Gasteiger charge is -2.14. The average Bonchev–Trinajstić information content (AvgIpc) is 1.99. The first kappa shape index (κ1) is 11.3. The van der Waals surface area contributed by atoms with Gasteiger partial charge in [-0.25, -0.2) is 4.39 Å². The number of halogens is 5. The molecule has 0 fully saturated rings. The number of alkyl halides is 3.